The van der Waals surface area contributed by atoms with Crippen LogP contribution < -0.4 is 5.32 Å². The molecule has 0 aliphatic carbocycles. The van der Waals surface area contributed by atoms with Crippen molar-refractivity contribution in [1.29, 1.82) is 0 Å². The fraction of sp³-hybridized carbons (Fsp3) is 0.133. The smallest absolute Gasteiger partial charge is 0.136 e. The minimum atomic E-state index is -0.670. The molecule has 0 amide bonds. The van der Waals surface area contributed by atoms with Crippen LogP contribution in [0.5, 0.6) is 0 Å². The molecule has 3 rings (SSSR count). The van der Waals surface area contributed by atoms with Gasteiger partial charge in [0.25, 0.3) is 0 Å². The molecule has 1 unspecified atom stereocenters. The lowest BCUT2D eigenvalue weighted by atomic mass is 9.95. The summed E-state index contributed by atoms with van der Waals surface area (Å²) in [5.41, 5.74) is 2.05. The van der Waals surface area contributed by atoms with Crippen LogP contribution in [-0.4, -0.2) is 4.98 Å². The van der Waals surface area contributed by atoms with E-state index in [1.165, 1.54) is 6.07 Å². The number of hydrogen-bond donors (Lipinski definition) is 1. The number of benzene rings is 1. The second kappa shape index (κ2) is 4.87. The van der Waals surface area contributed by atoms with Gasteiger partial charge in [-0.05, 0) is 30.7 Å². The van der Waals surface area contributed by atoms with E-state index in [9.17, 15) is 8.78 Å². The summed E-state index contributed by atoms with van der Waals surface area (Å²) in [6.07, 6.45) is 1.67. The summed E-state index contributed by atoms with van der Waals surface area (Å²) in [5, 5.41) is 3.39. The number of rotatable bonds is 1. The maximum atomic E-state index is 13.9. The zero-order valence-electron chi connectivity index (χ0n) is 10.6. The predicted octanol–water partition coefficient (Wildman–Crippen LogP) is 4.50. The van der Waals surface area contributed by atoms with Crippen molar-refractivity contribution in [1.82, 2.24) is 4.98 Å². The topological polar surface area (TPSA) is 24.9 Å². The van der Waals surface area contributed by atoms with Gasteiger partial charge in [-0.1, -0.05) is 17.7 Å². The molecule has 0 saturated carbocycles. The maximum Gasteiger partial charge on any atom is 0.136 e. The van der Waals surface area contributed by atoms with Gasteiger partial charge in [0.1, 0.15) is 11.6 Å². The summed E-state index contributed by atoms with van der Waals surface area (Å²) in [5.74, 6) is -1.31. The van der Waals surface area contributed by atoms with Gasteiger partial charge in [0.05, 0.1) is 22.3 Å². The van der Waals surface area contributed by atoms with Gasteiger partial charge < -0.3 is 5.32 Å². The van der Waals surface area contributed by atoms with Crippen molar-refractivity contribution in [2.24, 2.45) is 0 Å². The minimum absolute atomic E-state index is 0.206. The van der Waals surface area contributed by atoms with E-state index in [0.717, 1.165) is 17.3 Å². The molecule has 1 aliphatic heterocycles. The minimum Gasteiger partial charge on any atom is -0.372 e. The van der Waals surface area contributed by atoms with Crippen LogP contribution in [0.15, 0.2) is 42.1 Å². The molecule has 0 spiro atoms. The van der Waals surface area contributed by atoms with E-state index >= 15 is 0 Å². The highest BCUT2D eigenvalue weighted by Gasteiger charge is 2.28. The lowest BCUT2D eigenvalue weighted by Gasteiger charge is -2.28. The fourth-order valence-corrected chi connectivity index (χ4v) is 2.64. The number of nitrogens with zero attached hydrogens (tertiary/aromatic N) is 1. The Morgan fingerprint density at radius 2 is 2.05 bits per heavy atom. The zero-order chi connectivity index (χ0) is 14.3. The molecular weight excluding hydrogens is 282 g/mol. The maximum absolute atomic E-state index is 13.9. The summed E-state index contributed by atoms with van der Waals surface area (Å²) in [7, 11) is 0. The first-order valence-electron chi connectivity index (χ1n) is 6.11. The van der Waals surface area contributed by atoms with E-state index in [-0.39, 0.29) is 11.6 Å². The molecule has 0 fully saturated rings. The molecule has 1 N–H and O–H groups in total. The average Bonchev–Trinajstić information content (AvgIpc) is 2.43. The Balaban J connectivity index is 2.15. The van der Waals surface area contributed by atoms with Crippen LogP contribution in [0.1, 0.15) is 24.2 Å². The molecule has 0 bridgehead atoms. The fourth-order valence-electron chi connectivity index (χ4n) is 2.34. The molecule has 2 aromatic rings. The van der Waals surface area contributed by atoms with Crippen LogP contribution in [0.4, 0.5) is 14.5 Å². The largest absolute Gasteiger partial charge is 0.372 e. The Bertz CT molecular complexity index is 699. The molecule has 20 heavy (non-hydrogen) atoms. The Hall–Kier alpha value is -1.94. The Morgan fingerprint density at radius 3 is 2.75 bits per heavy atom. The van der Waals surface area contributed by atoms with Gasteiger partial charge >= 0.3 is 0 Å². The quantitative estimate of drug-likeness (QED) is 0.837. The van der Waals surface area contributed by atoms with E-state index in [2.05, 4.69) is 10.3 Å². The van der Waals surface area contributed by atoms with E-state index in [0.29, 0.717) is 10.7 Å². The van der Waals surface area contributed by atoms with Gasteiger partial charge in [-0.15, -0.1) is 0 Å². The van der Waals surface area contributed by atoms with E-state index < -0.39 is 11.6 Å². The van der Waals surface area contributed by atoms with Gasteiger partial charge in [0.15, 0.2) is 0 Å². The molecule has 1 aromatic carbocycles. The molecule has 0 saturated heterocycles. The lowest BCUT2D eigenvalue weighted by molar-refractivity contribution is 0.580. The monoisotopic (exact) mass is 292 g/mol. The first-order chi connectivity index (χ1) is 9.58. The lowest BCUT2D eigenvalue weighted by Crippen LogP contribution is -2.19. The molecule has 0 radical (unpaired) electrons. The molecule has 102 valence electrons. The molecule has 1 aromatic heterocycles. The summed E-state index contributed by atoms with van der Waals surface area (Å²) in [6.45, 7) is 1.81. The first kappa shape index (κ1) is 13.1. The van der Waals surface area contributed by atoms with E-state index in [1.54, 1.807) is 19.2 Å². The molecule has 1 aliphatic rings. The van der Waals surface area contributed by atoms with Crippen LogP contribution in [0, 0.1) is 11.6 Å². The van der Waals surface area contributed by atoms with Crippen molar-refractivity contribution in [2.45, 2.75) is 13.0 Å². The van der Waals surface area contributed by atoms with Gasteiger partial charge in [-0.25, -0.2) is 8.78 Å². The second-order valence-corrected chi connectivity index (χ2v) is 5.02. The number of anilines is 1. The highest BCUT2D eigenvalue weighted by molar-refractivity contribution is 6.50. The third-order valence-corrected chi connectivity index (χ3v) is 3.82. The van der Waals surface area contributed by atoms with Crippen molar-refractivity contribution < 1.29 is 8.78 Å². The average molecular weight is 293 g/mol. The number of pyridine rings is 1. The summed E-state index contributed by atoms with van der Waals surface area (Å²) in [6, 6.07) is 7.27. The summed E-state index contributed by atoms with van der Waals surface area (Å²) < 4.78 is 27.2. The van der Waals surface area contributed by atoms with Gasteiger partial charge in [0.2, 0.25) is 0 Å². The standard InChI is InChI=1S/C15H11ClF2N2/c1-8-14(16)13-10(18)6-9(17)7-12(13)20-15(8)11-4-2-3-5-19-11/h2-7,15,20H,1H3. The van der Waals surface area contributed by atoms with Crippen LogP contribution in [-0.2, 0) is 0 Å². The van der Waals surface area contributed by atoms with Gasteiger partial charge in [-0.2, -0.15) is 0 Å². The van der Waals surface area contributed by atoms with Crippen molar-refractivity contribution in [3.63, 3.8) is 0 Å². The zero-order valence-corrected chi connectivity index (χ0v) is 11.4. The Morgan fingerprint density at radius 1 is 1.25 bits per heavy atom. The third kappa shape index (κ3) is 2.06. The number of fused-ring (bicyclic) bond motifs is 1. The van der Waals surface area contributed by atoms with Crippen molar-refractivity contribution in [2.75, 3.05) is 5.32 Å². The van der Waals surface area contributed by atoms with E-state index in [1.807, 2.05) is 12.1 Å². The summed E-state index contributed by atoms with van der Waals surface area (Å²) >= 11 is 6.25. The van der Waals surface area contributed by atoms with Crippen molar-refractivity contribution >= 4 is 22.3 Å². The van der Waals surface area contributed by atoms with Crippen LogP contribution in [0.3, 0.4) is 0 Å². The predicted molar refractivity (Wildman–Crippen MR) is 75.4 cm³/mol. The molecular formula is C15H11ClF2N2. The van der Waals surface area contributed by atoms with Crippen molar-refractivity contribution in [3.8, 4) is 0 Å². The molecule has 1 atom stereocenters. The Labute approximate surface area is 120 Å². The van der Waals surface area contributed by atoms with E-state index in [4.69, 9.17) is 11.6 Å². The van der Waals surface area contributed by atoms with Crippen LogP contribution >= 0.6 is 11.6 Å². The van der Waals surface area contributed by atoms with Gasteiger partial charge in [0, 0.05) is 18.0 Å². The molecule has 5 heteroatoms. The van der Waals surface area contributed by atoms with Crippen LogP contribution in [0.25, 0.3) is 5.03 Å². The van der Waals surface area contributed by atoms with Crippen LogP contribution in [0.2, 0.25) is 0 Å². The van der Waals surface area contributed by atoms with Crippen molar-refractivity contribution in [3.05, 3.63) is 65.0 Å². The summed E-state index contributed by atoms with van der Waals surface area (Å²) in [4.78, 5) is 4.26. The number of halogens is 3. The second-order valence-electron chi connectivity index (χ2n) is 4.64. The number of nitrogens with one attached hydrogen (secondary N) is 1. The SMILES string of the molecule is CC1=C(Cl)c2c(F)cc(F)cc2NC1c1ccccn1. The van der Waals surface area contributed by atoms with Gasteiger partial charge in [-0.3, -0.25) is 4.98 Å². The molecule has 2 heterocycles. The number of hydrogen-bond acceptors (Lipinski definition) is 2. The first-order valence-corrected chi connectivity index (χ1v) is 6.49. The Kier molecular flexibility index (Phi) is 3.18. The third-order valence-electron chi connectivity index (χ3n) is 3.34. The highest BCUT2D eigenvalue weighted by Crippen LogP contribution is 2.42. The normalized spacial score (nSPS) is 17.7. The number of aromatic nitrogens is 1. The highest BCUT2D eigenvalue weighted by atomic mass is 35.5. The molecule has 2 nitrogen and oxygen atoms in total.